The van der Waals surface area contributed by atoms with Gasteiger partial charge in [-0.3, -0.25) is 4.79 Å². The van der Waals surface area contributed by atoms with Crippen molar-refractivity contribution in [2.75, 3.05) is 19.7 Å². The van der Waals surface area contributed by atoms with Gasteiger partial charge >= 0.3 is 0 Å². The minimum Gasteiger partial charge on any atom is -0.369 e. The number of H-pyrrole nitrogens is 1. The number of pyridine rings is 1. The highest BCUT2D eigenvalue weighted by Crippen LogP contribution is 2.25. The van der Waals surface area contributed by atoms with Crippen molar-refractivity contribution in [1.82, 2.24) is 15.3 Å². The zero-order valence-electron chi connectivity index (χ0n) is 10.7. The molecule has 0 radical (unpaired) electrons. The summed E-state index contributed by atoms with van der Waals surface area (Å²) in [5.74, 6) is -0.453. The van der Waals surface area contributed by atoms with Crippen LogP contribution in [0.5, 0.6) is 0 Å². The molecule has 1 unspecified atom stereocenters. The Labute approximate surface area is 110 Å². The summed E-state index contributed by atoms with van der Waals surface area (Å²) in [5, 5.41) is 4.20. The molecule has 3 heterocycles. The standard InChI is InChI=1S/C13H16N4O2/c1-7-8-4-10(11-6-15-2-3-19-11)17-13(8)16-5-9(7)12(14)18/h4-5,11,15H,2-3,6H2,1H3,(H2,14,18)(H,16,17). The van der Waals surface area contributed by atoms with Crippen molar-refractivity contribution in [3.8, 4) is 0 Å². The van der Waals surface area contributed by atoms with E-state index in [-0.39, 0.29) is 6.10 Å². The third-order valence-corrected chi connectivity index (χ3v) is 3.49. The van der Waals surface area contributed by atoms with Gasteiger partial charge in [0.15, 0.2) is 0 Å². The van der Waals surface area contributed by atoms with Crippen LogP contribution in [0.15, 0.2) is 12.3 Å². The average Bonchev–Trinajstić information content (AvgIpc) is 2.85. The molecule has 19 heavy (non-hydrogen) atoms. The number of morpholine rings is 1. The van der Waals surface area contributed by atoms with Crippen LogP contribution >= 0.6 is 0 Å². The second-order valence-corrected chi connectivity index (χ2v) is 4.71. The normalized spacial score (nSPS) is 19.7. The molecule has 1 aliphatic heterocycles. The zero-order chi connectivity index (χ0) is 13.4. The van der Waals surface area contributed by atoms with Crippen molar-refractivity contribution in [3.63, 3.8) is 0 Å². The molecule has 1 fully saturated rings. The Morgan fingerprint density at radius 1 is 1.58 bits per heavy atom. The molecule has 2 aromatic heterocycles. The molecule has 3 rings (SSSR count). The Hall–Kier alpha value is -1.92. The van der Waals surface area contributed by atoms with Gasteiger partial charge in [0.2, 0.25) is 0 Å². The number of nitrogens with zero attached hydrogens (tertiary/aromatic N) is 1. The SMILES string of the molecule is Cc1c(C(N)=O)cnc2[nH]c(C3CNCCO3)cc12. The van der Waals surface area contributed by atoms with Gasteiger partial charge in [-0.1, -0.05) is 0 Å². The van der Waals surface area contributed by atoms with E-state index in [1.165, 1.54) is 6.20 Å². The van der Waals surface area contributed by atoms with E-state index in [0.717, 1.165) is 35.4 Å². The van der Waals surface area contributed by atoms with Gasteiger partial charge in [-0.2, -0.15) is 0 Å². The molecule has 0 saturated carbocycles. The van der Waals surface area contributed by atoms with Gasteiger partial charge in [0.05, 0.1) is 12.2 Å². The van der Waals surface area contributed by atoms with E-state index in [1.807, 2.05) is 13.0 Å². The molecule has 0 aromatic carbocycles. The van der Waals surface area contributed by atoms with Crippen molar-refractivity contribution in [1.29, 1.82) is 0 Å². The first kappa shape index (κ1) is 12.1. The number of nitrogens with one attached hydrogen (secondary N) is 2. The molecule has 1 aliphatic rings. The van der Waals surface area contributed by atoms with E-state index in [4.69, 9.17) is 10.5 Å². The van der Waals surface area contributed by atoms with Crippen LogP contribution in [-0.2, 0) is 4.74 Å². The molecule has 0 spiro atoms. The third-order valence-electron chi connectivity index (χ3n) is 3.49. The largest absolute Gasteiger partial charge is 0.369 e. The first-order valence-electron chi connectivity index (χ1n) is 6.27. The number of nitrogens with two attached hydrogens (primary N) is 1. The highest BCUT2D eigenvalue weighted by Gasteiger charge is 2.19. The number of amides is 1. The smallest absolute Gasteiger partial charge is 0.250 e. The van der Waals surface area contributed by atoms with Crippen molar-refractivity contribution >= 4 is 16.9 Å². The molecule has 100 valence electrons. The van der Waals surface area contributed by atoms with Crippen molar-refractivity contribution in [3.05, 3.63) is 29.1 Å². The molecule has 2 aromatic rings. The van der Waals surface area contributed by atoms with Crippen molar-refractivity contribution in [2.24, 2.45) is 5.73 Å². The van der Waals surface area contributed by atoms with Crippen LogP contribution < -0.4 is 11.1 Å². The van der Waals surface area contributed by atoms with Gasteiger partial charge in [-0.15, -0.1) is 0 Å². The number of rotatable bonds is 2. The minimum atomic E-state index is -0.453. The molecule has 4 N–H and O–H groups in total. The lowest BCUT2D eigenvalue weighted by Crippen LogP contribution is -2.33. The second-order valence-electron chi connectivity index (χ2n) is 4.71. The number of aromatic amines is 1. The van der Waals surface area contributed by atoms with E-state index < -0.39 is 5.91 Å². The monoisotopic (exact) mass is 260 g/mol. The maximum absolute atomic E-state index is 11.3. The fourth-order valence-corrected chi connectivity index (χ4v) is 2.41. The number of aryl methyl sites for hydroxylation is 1. The fourth-order valence-electron chi connectivity index (χ4n) is 2.41. The number of hydrogen-bond acceptors (Lipinski definition) is 4. The number of aromatic nitrogens is 2. The Kier molecular flexibility index (Phi) is 2.96. The number of ether oxygens (including phenoxy) is 1. The zero-order valence-corrected chi connectivity index (χ0v) is 10.7. The summed E-state index contributed by atoms with van der Waals surface area (Å²) in [6.07, 6.45) is 1.51. The van der Waals surface area contributed by atoms with Crippen LogP contribution in [0.25, 0.3) is 11.0 Å². The summed E-state index contributed by atoms with van der Waals surface area (Å²) in [6.45, 7) is 4.22. The lowest BCUT2D eigenvalue weighted by Gasteiger charge is -2.22. The lowest BCUT2D eigenvalue weighted by molar-refractivity contribution is 0.0254. The van der Waals surface area contributed by atoms with E-state index >= 15 is 0 Å². The predicted octanol–water partition coefficient (Wildman–Crippen LogP) is 0.631. The first-order valence-corrected chi connectivity index (χ1v) is 6.27. The fraction of sp³-hybridized carbons (Fsp3) is 0.385. The van der Waals surface area contributed by atoms with Crippen LogP contribution in [-0.4, -0.2) is 35.6 Å². The number of primary amides is 1. The minimum absolute atomic E-state index is 0.000576. The summed E-state index contributed by atoms with van der Waals surface area (Å²) >= 11 is 0. The van der Waals surface area contributed by atoms with Gasteiger partial charge in [0.1, 0.15) is 11.8 Å². The van der Waals surface area contributed by atoms with Crippen LogP contribution in [0.3, 0.4) is 0 Å². The summed E-state index contributed by atoms with van der Waals surface area (Å²) < 4.78 is 5.70. The molecule has 0 bridgehead atoms. The van der Waals surface area contributed by atoms with Crippen LogP contribution in [0, 0.1) is 6.92 Å². The maximum atomic E-state index is 11.3. The molecular weight excluding hydrogens is 244 g/mol. The second kappa shape index (κ2) is 4.64. The molecular formula is C13H16N4O2. The van der Waals surface area contributed by atoms with Crippen LogP contribution in [0.2, 0.25) is 0 Å². The number of hydrogen-bond donors (Lipinski definition) is 3. The summed E-state index contributed by atoms with van der Waals surface area (Å²) in [5.41, 5.74) is 8.37. The van der Waals surface area contributed by atoms with Gasteiger partial charge in [-0.05, 0) is 18.6 Å². The Morgan fingerprint density at radius 3 is 3.11 bits per heavy atom. The average molecular weight is 260 g/mol. The molecule has 1 saturated heterocycles. The van der Waals surface area contributed by atoms with Crippen molar-refractivity contribution in [2.45, 2.75) is 13.0 Å². The Bertz CT molecular complexity index is 629. The summed E-state index contributed by atoms with van der Waals surface area (Å²) in [6, 6.07) is 1.99. The highest BCUT2D eigenvalue weighted by atomic mass is 16.5. The Balaban J connectivity index is 2.05. The summed E-state index contributed by atoms with van der Waals surface area (Å²) in [7, 11) is 0. The summed E-state index contributed by atoms with van der Waals surface area (Å²) in [4.78, 5) is 18.8. The number of carbonyl (C=O) groups excluding carboxylic acids is 1. The lowest BCUT2D eigenvalue weighted by atomic mass is 10.1. The molecule has 0 aliphatic carbocycles. The Morgan fingerprint density at radius 2 is 2.42 bits per heavy atom. The van der Waals surface area contributed by atoms with E-state index in [0.29, 0.717) is 12.2 Å². The molecule has 6 heteroatoms. The maximum Gasteiger partial charge on any atom is 0.250 e. The van der Waals surface area contributed by atoms with Gasteiger partial charge in [0.25, 0.3) is 5.91 Å². The topological polar surface area (TPSA) is 93.0 Å². The van der Waals surface area contributed by atoms with Gasteiger partial charge in [0, 0.05) is 30.4 Å². The van der Waals surface area contributed by atoms with E-state index in [2.05, 4.69) is 15.3 Å². The molecule has 1 amide bonds. The predicted molar refractivity (Wildman–Crippen MR) is 70.9 cm³/mol. The van der Waals surface area contributed by atoms with Gasteiger partial charge in [-0.25, -0.2) is 4.98 Å². The molecule has 6 nitrogen and oxygen atoms in total. The van der Waals surface area contributed by atoms with Crippen molar-refractivity contribution < 1.29 is 9.53 Å². The van der Waals surface area contributed by atoms with Crippen LogP contribution in [0.1, 0.15) is 27.7 Å². The van der Waals surface area contributed by atoms with E-state index in [9.17, 15) is 4.79 Å². The highest BCUT2D eigenvalue weighted by molar-refractivity contribution is 5.98. The first-order chi connectivity index (χ1) is 9.16. The van der Waals surface area contributed by atoms with Crippen LogP contribution in [0.4, 0.5) is 0 Å². The number of fused-ring (bicyclic) bond motifs is 1. The number of carbonyl (C=O) groups is 1. The third kappa shape index (κ3) is 2.09. The quantitative estimate of drug-likeness (QED) is 0.738. The molecule has 1 atom stereocenters. The van der Waals surface area contributed by atoms with Gasteiger partial charge < -0.3 is 20.8 Å². The van der Waals surface area contributed by atoms with E-state index in [1.54, 1.807) is 0 Å².